The lowest BCUT2D eigenvalue weighted by Crippen LogP contribution is -2.33. The van der Waals surface area contributed by atoms with Gasteiger partial charge in [-0.05, 0) is 49.7 Å². The number of nitrogens with one attached hydrogen (secondary N) is 1. The van der Waals surface area contributed by atoms with Gasteiger partial charge in [0.2, 0.25) is 0 Å². The van der Waals surface area contributed by atoms with E-state index < -0.39 is 0 Å². The topological polar surface area (TPSA) is 12.0 Å². The first-order chi connectivity index (χ1) is 7.85. The quantitative estimate of drug-likeness (QED) is 0.841. The van der Waals surface area contributed by atoms with E-state index in [2.05, 4.69) is 24.4 Å². The van der Waals surface area contributed by atoms with Crippen molar-refractivity contribution in [1.29, 1.82) is 0 Å². The van der Waals surface area contributed by atoms with Gasteiger partial charge in [-0.2, -0.15) is 0 Å². The zero-order valence-corrected chi connectivity index (χ0v) is 10.9. The van der Waals surface area contributed by atoms with Crippen LogP contribution in [0.25, 0.3) is 0 Å². The molecule has 0 aromatic carbocycles. The first-order valence-corrected chi connectivity index (χ1v) is 7.47. The second kappa shape index (κ2) is 4.50. The van der Waals surface area contributed by atoms with E-state index in [9.17, 15) is 0 Å². The number of rotatable bonds is 4. The molecule has 2 aliphatic carbocycles. The van der Waals surface area contributed by atoms with Gasteiger partial charge in [0.25, 0.3) is 0 Å². The van der Waals surface area contributed by atoms with Crippen LogP contribution in [0, 0.1) is 11.8 Å². The van der Waals surface area contributed by atoms with Crippen molar-refractivity contribution in [2.24, 2.45) is 11.8 Å². The molecule has 3 rings (SSSR count). The minimum atomic E-state index is 0.825. The molecule has 0 amide bonds. The van der Waals surface area contributed by atoms with Gasteiger partial charge in [0.1, 0.15) is 0 Å². The zero-order valence-electron chi connectivity index (χ0n) is 10.0. The predicted octanol–water partition coefficient (Wildman–Crippen LogP) is 3.59. The molecule has 3 atom stereocenters. The summed E-state index contributed by atoms with van der Waals surface area (Å²) in [4.78, 5) is 3.03. The lowest BCUT2D eigenvalue weighted by Gasteiger charge is -2.22. The van der Waals surface area contributed by atoms with Crippen LogP contribution in [0.4, 0.5) is 0 Å². The summed E-state index contributed by atoms with van der Waals surface area (Å²) >= 11 is 1.97. The predicted molar refractivity (Wildman–Crippen MR) is 69.8 cm³/mol. The molecule has 0 radical (unpaired) electrons. The fraction of sp³-hybridized carbons (Fsp3) is 0.714. The maximum absolute atomic E-state index is 3.78. The highest BCUT2D eigenvalue weighted by Gasteiger charge is 2.38. The van der Waals surface area contributed by atoms with E-state index in [1.165, 1.54) is 41.9 Å². The van der Waals surface area contributed by atoms with Crippen molar-refractivity contribution in [3.05, 3.63) is 21.9 Å². The van der Waals surface area contributed by atoms with E-state index in [-0.39, 0.29) is 0 Å². The molecular weight excluding hydrogens is 214 g/mol. The van der Waals surface area contributed by atoms with Crippen LogP contribution in [0.3, 0.4) is 0 Å². The van der Waals surface area contributed by atoms with Crippen molar-refractivity contribution in [2.45, 2.75) is 51.6 Å². The third-order valence-corrected chi connectivity index (χ3v) is 5.57. The molecular formula is C14H21NS. The second-order valence-electron chi connectivity index (χ2n) is 5.38. The Morgan fingerprint density at radius 2 is 2.12 bits per heavy atom. The maximum atomic E-state index is 3.78. The van der Waals surface area contributed by atoms with E-state index >= 15 is 0 Å². The van der Waals surface area contributed by atoms with Crippen molar-refractivity contribution in [2.75, 3.05) is 0 Å². The van der Waals surface area contributed by atoms with Crippen LogP contribution < -0.4 is 5.32 Å². The summed E-state index contributed by atoms with van der Waals surface area (Å²) in [5, 5.41) is 3.78. The molecule has 2 fully saturated rings. The van der Waals surface area contributed by atoms with Gasteiger partial charge in [-0.3, -0.25) is 0 Å². The molecule has 1 N–H and O–H groups in total. The summed E-state index contributed by atoms with van der Waals surface area (Å²) in [5.41, 5.74) is 0. The van der Waals surface area contributed by atoms with Crippen LogP contribution in [0.5, 0.6) is 0 Å². The molecule has 1 aromatic heterocycles. The number of aryl methyl sites for hydroxylation is 1. The smallest absolute Gasteiger partial charge is 0.0302 e. The van der Waals surface area contributed by atoms with Gasteiger partial charge in [-0.15, -0.1) is 11.3 Å². The summed E-state index contributed by atoms with van der Waals surface area (Å²) in [5.74, 6) is 2.05. The average Bonchev–Trinajstić information content (AvgIpc) is 3.02. The van der Waals surface area contributed by atoms with Gasteiger partial charge in [0.05, 0.1) is 0 Å². The minimum absolute atomic E-state index is 0.825. The normalized spacial score (nSPS) is 32.4. The van der Waals surface area contributed by atoms with Crippen LogP contribution >= 0.6 is 11.3 Å². The summed E-state index contributed by atoms with van der Waals surface area (Å²) < 4.78 is 0. The monoisotopic (exact) mass is 235 g/mol. The third-order valence-electron chi connectivity index (χ3n) is 4.34. The summed E-state index contributed by atoms with van der Waals surface area (Å²) in [6, 6.07) is 5.40. The van der Waals surface area contributed by atoms with Gasteiger partial charge in [0, 0.05) is 22.3 Å². The first kappa shape index (κ1) is 10.8. The van der Waals surface area contributed by atoms with Gasteiger partial charge in [-0.1, -0.05) is 13.3 Å². The largest absolute Gasteiger partial charge is 0.309 e. The van der Waals surface area contributed by atoms with Crippen molar-refractivity contribution >= 4 is 11.3 Å². The van der Waals surface area contributed by atoms with Crippen molar-refractivity contribution < 1.29 is 0 Å². The van der Waals surface area contributed by atoms with E-state index in [0.717, 1.165) is 24.4 Å². The Balaban J connectivity index is 1.53. The molecule has 2 heteroatoms. The molecule has 2 bridgehead atoms. The number of fused-ring (bicyclic) bond motifs is 2. The molecule has 1 heterocycles. The zero-order chi connectivity index (χ0) is 11.0. The van der Waals surface area contributed by atoms with Gasteiger partial charge < -0.3 is 5.32 Å². The van der Waals surface area contributed by atoms with Crippen LogP contribution in [-0.4, -0.2) is 6.04 Å². The van der Waals surface area contributed by atoms with E-state index in [1.807, 2.05) is 11.3 Å². The van der Waals surface area contributed by atoms with E-state index in [4.69, 9.17) is 0 Å². The molecule has 2 saturated carbocycles. The van der Waals surface area contributed by atoms with Gasteiger partial charge in [0.15, 0.2) is 0 Å². The molecule has 0 spiro atoms. The van der Waals surface area contributed by atoms with Crippen molar-refractivity contribution in [3.63, 3.8) is 0 Å². The SMILES string of the molecule is CCc1ccc(CNC2CC3CCC2C3)s1. The Hall–Kier alpha value is -0.340. The molecule has 0 saturated heterocycles. The highest BCUT2D eigenvalue weighted by molar-refractivity contribution is 7.11. The molecule has 1 nitrogen and oxygen atoms in total. The highest BCUT2D eigenvalue weighted by Crippen LogP contribution is 2.44. The fourth-order valence-corrected chi connectivity index (χ4v) is 4.34. The van der Waals surface area contributed by atoms with Crippen LogP contribution in [0.15, 0.2) is 12.1 Å². The summed E-state index contributed by atoms with van der Waals surface area (Å²) in [6.45, 7) is 3.33. The summed E-state index contributed by atoms with van der Waals surface area (Å²) in [6.07, 6.45) is 7.10. The molecule has 16 heavy (non-hydrogen) atoms. The first-order valence-electron chi connectivity index (χ1n) is 6.66. The van der Waals surface area contributed by atoms with Crippen LogP contribution in [0.1, 0.15) is 42.4 Å². The minimum Gasteiger partial charge on any atom is -0.309 e. The third kappa shape index (κ3) is 2.05. The number of thiophene rings is 1. The Kier molecular flexibility index (Phi) is 3.03. The molecule has 2 aliphatic rings. The molecule has 3 unspecified atom stereocenters. The molecule has 1 aromatic rings. The van der Waals surface area contributed by atoms with Crippen LogP contribution in [0.2, 0.25) is 0 Å². The summed E-state index contributed by atoms with van der Waals surface area (Å²) in [7, 11) is 0. The van der Waals surface area contributed by atoms with Gasteiger partial charge in [-0.25, -0.2) is 0 Å². The van der Waals surface area contributed by atoms with E-state index in [1.54, 1.807) is 0 Å². The van der Waals surface area contributed by atoms with Gasteiger partial charge >= 0.3 is 0 Å². The number of hydrogen-bond acceptors (Lipinski definition) is 2. The average molecular weight is 235 g/mol. The number of hydrogen-bond donors (Lipinski definition) is 1. The Bertz CT molecular complexity index is 357. The Labute approximate surface area is 102 Å². The van der Waals surface area contributed by atoms with Crippen molar-refractivity contribution in [1.82, 2.24) is 5.32 Å². The Morgan fingerprint density at radius 1 is 1.25 bits per heavy atom. The molecule has 0 aliphatic heterocycles. The van der Waals surface area contributed by atoms with Crippen molar-refractivity contribution in [3.8, 4) is 0 Å². The second-order valence-corrected chi connectivity index (χ2v) is 6.64. The van der Waals surface area contributed by atoms with Crippen LogP contribution in [-0.2, 0) is 13.0 Å². The lowest BCUT2D eigenvalue weighted by atomic mass is 9.95. The fourth-order valence-electron chi connectivity index (χ4n) is 3.43. The Morgan fingerprint density at radius 3 is 2.75 bits per heavy atom. The molecule has 88 valence electrons. The standard InChI is InChI=1S/C14H21NS/c1-2-12-5-6-13(16-12)9-15-14-8-10-3-4-11(14)7-10/h5-6,10-11,14-15H,2-4,7-9H2,1H3. The lowest BCUT2D eigenvalue weighted by molar-refractivity contribution is 0.351. The maximum Gasteiger partial charge on any atom is 0.0302 e. The van der Waals surface area contributed by atoms with E-state index in [0.29, 0.717) is 0 Å². The highest BCUT2D eigenvalue weighted by atomic mass is 32.1.